The summed E-state index contributed by atoms with van der Waals surface area (Å²) >= 11 is 5.35. The van der Waals surface area contributed by atoms with Gasteiger partial charge in [0.15, 0.2) is 0 Å². The van der Waals surface area contributed by atoms with Gasteiger partial charge in [0.25, 0.3) is 0 Å². The van der Waals surface area contributed by atoms with Crippen molar-refractivity contribution in [3.63, 3.8) is 0 Å². The Kier molecular flexibility index (Phi) is 4.46. The van der Waals surface area contributed by atoms with Crippen LogP contribution in [0.5, 0.6) is 0 Å². The molecule has 1 nitrogen and oxygen atoms in total. The average molecular weight is 324 g/mol. The van der Waals surface area contributed by atoms with Gasteiger partial charge < -0.3 is 5.32 Å². The van der Waals surface area contributed by atoms with Gasteiger partial charge in [-0.2, -0.15) is 0 Å². The fraction of sp³-hybridized carbons (Fsp3) is 0.333. The van der Waals surface area contributed by atoms with E-state index < -0.39 is 0 Å². The van der Waals surface area contributed by atoms with Gasteiger partial charge >= 0.3 is 0 Å². The Morgan fingerprint density at radius 1 is 1.22 bits per heavy atom. The number of thiophene rings is 1. The molecule has 2 aromatic rings. The Labute approximate surface area is 121 Å². The van der Waals surface area contributed by atoms with Crippen LogP contribution >= 0.6 is 27.3 Å². The van der Waals surface area contributed by atoms with Crippen molar-refractivity contribution in [1.82, 2.24) is 0 Å². The molecule has 1 aromatic heterocycles. The van der Waals surface area contributed by atoms with Crippen molar-refractivity contribution in [3.8, 4) is 0 Å². The Morgan fingerprint density at radius 2 is 2.00 bits per heavy atom. The second-order valence-corrected chi connectivity index (χ2v) is 6.68. The van der Waals surface area contributed by atoms with E-state index in [0.29, 0.717) is 12.0 Å². The molecule has 1 aromatic carbocycles. The first-order valence-electron chi connectivity index (χ1n) is 6.14. The molecule has 1 heterocycles. The minimum absolute atomic E-state index is 0.380. The topological polar surface area (TPSA) is 12.0 Å². The van der Waals surface area contributed by atoms with Gasteiger partial charge in [0.2, 0.25) is 0 Å². The minimum Gasteiger partial charge on any atom is -0.377 e. The molecule has 0 aliphatic carbocycles. The van der Waals surface area contributed by atoms with Crippen molar-refractivity contribution in [1.29, 1.82) is 0 Å². The lowest BCUT2D eigenvalue weighted by molar-refractivity contribution is 0.554. The van der Waals surface area contributed by atoms with Crippen LogP contribution in [0.15, 0.2) is 40.2 Å². The molecule has 0 saturated carbocycles. The van der Waals surface area contributed by atoms with Crippen LogP contribution in [0, 0.1) is 12.8 Å². The monoisotopic (exact) mass is 323 g/mol. The molecule has 0 fully saturated rings. The van der Waals surface area contributed by atoms with Gasteiger partial charge in [-0.05, 0) is 48.1 Å². The molecule has 1 unspecified atom stereocenters. The number of rotatable bonds is 4. The van der Waals surface area contributed by atoms with Gasteiger partial charge in [-0.3, -0.25) is 0 Å². The lowest BCUT2D eigenvalue weighted by Crippen LogP contribution is -2.15. The van der Waals surface area contributed by atoms with Gasteiger partial charge in [0.05, 0.1) is 6.04 Å². The summed E-state index contributed by atoms with van der Waals surface area (Å²) in [5.41, 5.74) is 2.44. The summed E-state index contributed by atoms with van der Waals surface area (Å²) in [6.45, 7) is 6.62. The van der Waals surface area contributed by atoms with E-state index in [-0.39, 0.29) is 0 Å². The highest BCUT2D eigenvalue weighted by Crippen LogP contribution is 2.30. The summed E-state index contributed by atoms with van der Waals surface area (Å²) in [6.07, 6.45) is 0. The molecular weight excluding hydrogens is 306 g/mol. The van der Waals surface area contributed by atoms with Crippen molar-refractivity contribution in [3.05, 3.63) is 50.6 Å². The van der Waals surface area contributed by atoms with Crippen LogP contribution in [0.4, 0.5) is 5.69 Å². The summed E-state index contributed by atoms with van der Waals surface area (Å²) < 4.78 is 1.16. The van der Waals surface area contributed by atoms with E-state index in [2.05, 4.69) is 77.7 Å². The zero-order chi connectivity index (χ0) is 13.1. The molecule has 18 heavy (non-hydrogen) atoms. The second-order valence-electron chi connectivity index (χ2n) is 4.85. The third-order valence-corrected chi connectivity index (χ3v) is 4.84. The van der Waals surface area contributed by atoms with Gasteiger partial charge in [0, 0.05) is 15.0 Å². The van der Waals surface area contributed by atoms with E-state index in [1.807, 2.05) is 11.3 Å². The summed E-state index contributed by atoms with van der Waals surface area (Å²) in [7, 11) is 0. The number of halogens is 1. The van der Waals surface area contributed by atoms with Gasteiger partial charge in [-0.15, -0.1) is 11.3 Å². The molecule has 0 aliphatic heterocycles. The lowest BCUT2D eigenvalue weighted by Gasteiger charge is -2.23. The first kappa shape index (κ1) is 13.6. The number of hydrogen-bond acceptors (Lipinski definition) is 2. The summed E-state index contributed by atoms with van der Waals surface area (Å²) in [4.78, 5) is 1.39. The van der Waals surface area contributed by atoms with E-state index >= 15 is 0 Å². The van der Waals surface area contributed by atoms with Crippen molar-refractivity contribution in [2.45, 2.75) is 26.8 Å². The summed E-state index contributed by atoms with van der Waals surface area (Å²) in [5.74, 6) is 0.563. The molecule has 2 rings (SSSR count). The van der Waals surface area contributed by atoms with E-state index in [9.17, 15) is 0 Å². The van der Waals surface area contributed by atoms with Crippen LogP contribution in [-0.2, 0) is 0 Å². The lowest BCUT2D eigenvalue weighted by atomic mass is 10.0. The first-order chi connectivity index (χ1) is 8.58. The predicted octanol–water partition coefficient (Wildman–Crippen LogP) is 5.63. The maximum absolute atomic E-state index is 3.64. The SMILES string of the molecule is Cc1cc(NC(c2cccs2)C(C)C)ccc1Br. The fourth-order valence-electron chi connectivity index (χ4n) is 1.95. The average Bonchev–Trinajstić information content (AvgIpc) is 2.83. The molecule has 1 N–H and O–H groups in total. The van der Waals surface area contributed by atoms with E-state index in [1.54, 1.807) is 0 Å². The number of nitrogens with one attached hydrogen (secondary N) is 1. The van der Waals surface area contributed by atoms with Crippen molar-refractivity contribution >= 4 is 33.0 Å². The van der Waals surface area contributed by atoms with Crippen molar-refractivity contribution < 1.29 is 0 Å². The molecular formula is C15H18BrNS. The number of anilines is 1. The molecule has 1 atom stereocenters. The van der Waals surface area contributed by atoms with Gasteiger partial charge in [-0.25, -0.2) is 0 Å². The molecule has 0 aliphatic rings. The predicted molar refractivity (Wildman–Crippen MR) is 84.4 cm³/mol. The van der Waals surface area contributed by atoms with Gasteiger partial charge in [-0.1, -0.05) is 35.8 Å². The first-order valence-corrected chi connectivity index (χ1v) is 7.81. The van der Waals surface area contributed by atoms with Crippen molar-refractivity contribution in [2.24, 2.45) is 5.92 Å². The highest BCUT2D eigenvalue weighted by atomic mass is 79.9. The van der Waals surface area contributed by atoms with Crippen molar-refractivity contribution in [2.75, 3.05) is 5.32 Å². The van der Waals surface area contributed by atoms with Gasteiger partial charge in [0.1, 0.15) is 0 Å². The highest BCUT2D eigenvalue weighted by Gasteiger charge is 2.16. The molecule has 0 radical (unpaired) electrons. The largest absolute Gasteiger partial charge is 0.377 e. The Hall–Kier alpha value is -0.800. The molecule has 3 heteroatoms. The maximum atomic E-state index is 3.64. The minimum atomic E-state index is 0.380. The highest BCUT2D eigenvalue weighted by molar-refractivity contribution is 9.10. The maximum Gasteiger partial charge on any atom is 0.0629 e. The standard InChI is InChI=1S/C15H18BrNS/c1-10(2)15(14-5-4-8-18-14)17-12-6-7-13(16)11(3)9-12/h4-10,15,17H,1-3H3. The van der Waals surface area contributed by atoms with E-state index in [0.717, 1.165) is 4.47 Å². The van der Waals surface area contributed by atoms with Crippen LogP contribution in [0.2, 0.25) is 0 Å². The Balaban J connectivity index is 2.21. The third kappa shape index (κ3) is 3.15. The molecule has 96 valence electrons. The quantitative estimate of drug-likeness (QED) is 0.769. The summed E-state index contributed by atoms with van der Waals surface area (Å²) in [6, 6.07) is 11.1. The van der Waals surface area contributed by atoms with Crippen LogP contribution in [-0.4, -0.2) is 0 Å². The zero-order valence-corrected chi connectivity index (χ0v) is 13.3. The molecule has 0 amide bonds. The Morgan fingerprint density at radius 3 is 2.56 bits per heavy atom. The number of benzene rings is 1. The Bertz CT molecular complexity index is 505. The van der Waals surface area contributed by atoms with Crippen LogP contribution in [0.3, 0.4) is 0 Å². The fourth-order valence-corrected chi connectivity index (χ4v) is 3.14. The van der Waals surface area contributed by atoms with E-state index in [4.69, 9.17) is 0 Å². The molecule has 0 bridgehead atoms. The number of aryl methyl sites for hydroxylation is 1. The zero-order valence-electron chi connectivity index (χ0n) is 10.9. The third-order valence-electron chi connectivity index (χ3n) is 3.00. The van der Waals surface area contributed by atoms with Crippen LogP contribution in [0.25, 0.3) is 0 Å². The summed E-state index contributed by atoms with van der Waals surface area (Å²) in [5, 5.41) is 5.78. The molecule has 0 saturated heterocycles. The molecule has 0 spiro atoms. The van der Waals surface area contributed by atoms with Crippen LogP contribution in [0.1, 0.15) is 30.3 Å². The smallest absolute Gasteiger partial charge is 0.0629 e. The van der Waals surface area contributed by atoms with E-state index in [1.165, 1.54) is 16.1 Å². The normalized spacial score (nSPS) is 12.7. The number of hydrogen-bond donors (Lipinski definition) is 1. The second kappa shape index (κ2) is 5.89. The van der Waals surface area contributed by atoms with Crippen LogP contribution < -0.4 is 5.32 Å².